The molecule has 0 saturated carbocycles. The van der Waals surface area contributed by atoms with E-state index >= 15 is 0 Å². The number of nitrogens with zero attached hydrogens (tertiary/aromatic N) is 2. The van der Waals surface area contributed by atoms with Gasteiger partial charge >= 0.3 is 0 Å². The average molecular weight is 353 g/mol. The Balaban J connectivity index is 1.32. The highest BCUT2D eigenvalue weighted by atomic mass is 16.6. The number of likely N-dealkylation sites (tertiary alicyclic amines) is 1. The summed E-state index contributed by atoms with van der Waals surface area (Å²) in [6.45, 7) is 3.81. The van der Waals surface area contributed by atoms with Gasteiger partial charge in [-0.1, -0.05) is 18.2 Å². The fraction of sp³-hybridized carbons (Fsp3) is 0.400. The maximum absolute atomic E-state index is 12.4. The van der Waals surface area contributed by atoms with E-state index in [1.165, 1.54) is 0 Å². The highest BCUT2D eigenvalue weighted by molar-refractivity contribution is 5.91. The van der Waals surface area contributed by atoms with Crippen molar-refractivity contribution in [2.75, 3.05) is 31.6 Å². The molecule has 1 aromatic heterocycles. The number of carbonyl (C=O) groups excluding carboxylic acids is 1. The van der Waals surface area contributed by atoms with Gasteiger partial charge in [0.05, 0.1) is 0 Å². The predicted molar refractivity (Wildman–Crippen MR) is 98.3 cm³/mol. The number of para-hydroxylation sites is 1. The van der Waals surface area contributed by atoms with Crippen molar-refractivity contribution in [3.8, 4) is 11.5 Å². The number of hydrogen-bond acceptors (Lipinski definition) is 5. The quantitative estimate of drug-likeness (QED) is 0.916. The van der Waals surface area contributed by atoms with Gasteiger partial charge in [-0.05, 0) is 44.1 Å². The topological polar surface area (TPSA) is 63.7 Å². The normalized spacial score (nSPS) is 17.7. The smallest absolute Gasteiger partial charge is 0.228 e. The van der Waals surface area contributed by atoms with Crippen LogP contribution < -0.4 is 14.8 Å². The number of benzene rings is 1. The van der Waals surface area contributed by atoms with Crippen molar-refractivity contribution in [1.29, 1.82) is 0 Å². The van der Waals surface area contributed by atoms with Gasteiger partial charge < -0.3 is 14.8 Å². The van der Waals surface area contributed by atoms with Gasteiger partial charge in [-0.25, -0.2) is 4.98 Å². The Labute approximate surface area is 153 Å². The summed E-state index contributed by atoms with van der Waals surface area (Å²) in [5.41, 5.74) is 1.15. The van der Waals surface area contributed by atoms with Gasteiger partial charge in [0.15, 0.2) is 11.5 Å². The molecule has 1 fully saturated rings. The third-order valence-corrected chi connectivity index (χ3v) is 4.92. The van der Waals surface area contributed by atoms with Crippen LogP contribution in [0.3, 0.4) is 0 Å². The van der Waals surface area contributed by atoms with Crippen molar-refractivity contribution in [3.63, 3.8) is 0 Å². The van der Waals surface area contributed by atoms with E-state index in [0.717, 1.165) is 49.5 Å². The zero-order valence-electron chi connectivity index (χ0n) is 14.7. The lowest BCUT2D eigenvalue weighted by molar-refractivity contribution is -0.121. The van der Waals surface area contributed by atoms with Crippen LogP contribution in [-0.4, -0.2) is 42.1 Å². The van der Waals surface area contributed by atoms with Crippen LogP contribution in [0, 0.1) is 5.92 Å². The third-order valence-electron chi connectivity index (χ3n) is 4.92. The molecule has 0 spiro atoms. The minimum Gasteiger partial charge on any atom is -0.486 e. The van der Waals surface area contributed by atoms with Gasteiger partial charge in [-0.2, -0.15) is 0 Å². The number of nitrogens with one attached hydrogen (secondary N) is 1. The lowest BCUT2D eigenvalue weighted by Gasteiger charge is -2.32. The first-order chi connectivity index (χ1) is 12.8. The summed E-state index contributed by atoms with van der Waals surface area (Å²) >= 11 is 0. The van der Waals surface area contributed by atoms with Gasteiger partial charge in [-0.3, -0.25) is 9.69 Å². The molecule has 2 aliphatic rings. The predicted octanol–water partition coefficient (Wildman–Crippen LogP) is 2.70. The summed E-state index contributed by atoms with van der Waals surface area (Å²) in [5.74, 6) is 2.43. The van der Waals surface area contributed by atoms with Gasteiger partial charge in [0, 0.05) is 24.2 Å². The van der Waals surface area contributed by atoms with Crippen molar-refractivity contribution in [3.05, 3.63) is 48.2 Å². The van der Waals surface area contributed by atoms with E-state index in [1.54, 1.807) is 6.20 Å². The van der Waals surface area contributed by atoms with Crippen LogP contribution in [0.2, 0.25) is 0 Å². The minimum absolute atomic E-state index is 0.0394. The van der Waals surface area contributed by atoms with E-state index in [1.807, 2.05) is 30.3 Å². The second kappa shape index (κ2) is 7.74. The van der Waals surface area contributed by atoms with Crippen LogP contribution >= 0.6 is 0 Å². The van der Waals surface area contributed by atoms with Crippen LogP contribution in [0.4, 0.5) is 5.82 Å². The molecule has 136 valence electrons. The minimum atomic E-state index is 0.0394. The fourth-order valence-corrected chi connectivity index (χ4v) is 3.52. The number of hydrogen-bond donors (Lipinski definition) is 1. The van der Waals surface area contributed by atoms with Crippen molar-refractivity contribution in [2.45, 2.75) is 19.4 Å². The molecule has 6 heteroatoms. The third kappa shape index (κ3) is 3.80. The van der Waals surface area contributed by atoms with Crippen molar-refractivity contribution < 1.29 is 14.3 Å². The molecule has 6 nitrogen and oxygen atoms in total. The first-order valence-corrected chi connectivity index (χ1v) is 9.11. The molecule has 4 rings (SSSR count). The van der Waals surface area contributed by atoms with Crippen molar-refractivity contribution >= 4 is 11.7 Å². The summed E-state index contributed by atoms with van der Waals surface area (Å²) in [7, 11) is 0. The van der Waals surface area contributed by atoms with Gasteiger partial charge in [0.1, 0.15) is 19.0 Å². The maximum Gasteiger partial charge on any atom is 0.228 e. The zero-order valence-corrected chi connectivity index (χ0v) is 14.7. The van der Waals surface area contributed by atoms with E-state index in [4.69, 9.17) is 9.47 Å². The summed E-state index contributed by atoms with van der Waals surface area (Å²) in [6.07, 6.45) is 3.39. The fourth-order valence-electron chi connectivity index (χ4n) is 3.52. The molecule has 0 aliphatic carbocycles. The molecule has 26 heavy (non-hydrogen) atoms. The average Bonchev–Trinajstić information content (AvgIpc) is 2.70. The van der Waals surface area contributed by atoms with Gasteiger partial charge in [0.25, 0.3) is 0 Å². The first-order valence-electron chi connectivity index (χ1n) is 9.11. The summed E-state index contributed by atoms with van der Waals surface area (Å²) in [4.78, 5) is 18.9. The molecule has 1 aromatic carbocycles. The summed E-state index contributed by atoms with van der Waals surface area (Å²) in [6, 6.07) is 11.6. The van der Waals surface area contributed by atoms with Crippen molar-refractivity contribution in [2.24, 2.45) is 5.92 Å². The lowest BCUT2D eigenvalue weighted by atomic mass is 9.95. The second-order valence-electron chi connectivity index (χ2n) is 6.70. The Kier molecular flexibility index (Phi) is 5.02. The van der Waals surface area contributed by atoms with Gasteiger partial charge in [0.2, 0.25) is 5.91 Å². The Morgan fingerprint density at radius 1 is 1.12 bits per heavy atom. The number of fused-ring (bicyclic) bond motifs is 1. The van der Waals surface area contributed by atoms with Gasteiger partial charge in [-0.15, -0.1) is 0 Å². The van der Waals surface area contributed by atoms with Crippen molar-refractivity contribution in [1.82, 2.24) is 9.88 Å². The van der Waals surface area contributed by atoms with Crippen LogP contribution in [-0.2, 0) is 11.3 Å². The molecular weight excluding hydrogens is 330 g/mol. The molecule has 0 radical (unpaired) electrons. The zero-order chi connectivity index (χ0) is 17.8. The monoisotopic (exact) mass is 353 g/mol. The number of carbonyl (C=O) groups is 1. The molecule has 0 bridgehead atoms. The number of amides is 1. The van der Waals surface area contributed by atoms with E-state index in [0.29, 0.717) is 19.0 Å². The number of piperidine rings is 1. The second-order valence-corrected chi connectivity index (χ2v) is 6.70. The highest BCUT2D eigenvalue weighted by Crippen LogP contribution is 2.34. The Bertz CT molecular complexity index is 758. The lowest BCUT2D eigenvalue weighted by Crippen LogP contribution is -2.38. The Hall–Kier alpha value is -2.60. The molecule has 0 unspecified atom stereocenters. The van der Waals surface area contributed by atoms with Crippen LogP contribution in [0.15, 0.2) is 42.6 Å². The van der Waals surface area contributed by atoms with Crippen LogP contribution in [0.25, 0.3) is 0 Å². The molecule has 2 aliphatic heterocycles. The highest BCUT2D eigenvalue weighted by Gasteiger charge is 2.26. The molecule has 0 atom stereocenters. The molecule has 2 aromatic rings. The molecule has 1 amide bonds. The van der Waals surface area contributed by atoms with Crippen LogP contribution in [0.5, 0.6) is 11.5 Å². The number of anilines is 1. The maximum atomic E-state index is 12.4. The Morgan fingerprint density at radius 2 is 1.96 bits per heavy atom. The summed E-state index contributed by atoms with van der Waals surface area (Å²) in [5, 5.41) is 2.91. The molecule has 3 heterocycles. The standard InChI is InChI=1S/C20H23N3O3/c24-20(22-18-6-1-2-9-21-18)15-7-10-23(11-8-15)14-16-4-3-5-17-19(16)26-13-12-25-17/h1-6,9,15H,7-8,10-14H2,(H,21,22,24). The number of aromatic nitrogens is 1. The summed E-state index contributed by atoms with van der Waals surface area (Å²) < 4.78 is 11.5. The van der Waals surface area contributed by atoms with E-state index in [-0.39, 0.29) is 11.8 Å². The number of rotatable bonds is 4. The first kappa shape index (κ1) is 16.8. The molecule has 1 saturated heterocycles. The molecule has 1 N–H and O–H groups in total. The molecular formula is C20H23N3O3. The van der Waals surface area contributed by atoms with E-state index in [2.05, 4.69) is 21.3 Å². The number of pyridine rings is 1. The Morgan fingerprint density at radius 3 is 2.77 bits per heavy atom. The largest absolute Gasteiger partial charge is 0.486 e. The van der Waals surface area contributed by atoms with Crippen LogP contribution in [0.1, 0.15) is 18.4 Å². The number of ether oxygens (including phenoxy) is 2. The van der Waals surface area contributed by atoms with E-state index in [9.17, 15) is 4.79 Å². The SMILES string of the molecule is O=C(Nc1ccccn1)C1CCN(Cc2cccc3c2OCCO3)CC1. The van der Waals surface area contributed by atoms with E-state index < -0.39 is 0 Å².